The first-order valence-corrected chi connectivity index (χ1v) is 7.74. The van der Waals surface area contributed by atoms with Crippen LogP contribution in [0, 0.1) is 0 Å². The van der Waals surface area contributed by atoms with Crippen molar-refractivity contribution in [2.24, 2.45) is 0 Å². The summed E-state index contributed by atoms with van der Waals surface area (Å²) in [6.07, 6.45) is 0. The Balaban J connectivity index is 2.04. The van der Waals surface area contributed by atoms with Crippen LogP contribution in [0.15, 0.2) is 53.0 Å². The van der Waals surface area contributed by atoms with E-state index < -0.39 is 0 Å². The van der Waals surface area contributed by atoms with Crippen LogP contribution in [0.4, 0.5) is 5.69 Å². The zero-order chi connectivity index (χ0) is 15.2. The molecule has 0 heterocycles. The van der Waals surface area contributed by atoms with Gasteiger partial charge in [-0.1, -0.05) is 40.2 Å². The molecule has 110 valence electrons. The van der Waals surface area contributed by atoms with Crippen molar-refractivity contribution in [3.05, 3.63) is 64.1 Å². The Morgan fingerprint density at radius 2 is 1.90 bits per heavy atom. The molecule has 0 saturated carbocycles. The van der Waals surface area contributed by atoms with Gasteiger partial charge in [0.05, 0.1) is 0 Å². The number of carbonyl (C=O) groups excluding carboxylic acids is 1. The SMILES string of the molecule is CC(C)NC(=O)c1cccc(NCc2ccccc2Br)c1. The van der Waals surface area contributed by atoms with Crippen LogP contribution in [-0.4, -0.2) is 11.9 Å². The van der Waals surface area contributed by atoms with Crippen LogP contribution in [-0.2, 0) is 6.54 Å². The number of carbonyl (C=O) groups is 1. The molecule has 0 atom stereocenters. The molecule has 1 amide bonds. The van der Waals surface area contributed by atoms with E-state index >= 15 is 0 Å². The summed E-state index contributed by atoms with van der Waals surface area (Å²) in [4.78, 5) is 12.0. The first kappa shape index (κ1) is 15.6. The van der Waals surface area contributed by atoms with Crippen molar-refractivity contribution in [1.82, 2.24) is 5.32 Å². The van der Waals surface area contributed by atoms with Gasteiger partial charge < -0.3 is 10.6 Å². The fourth-order valence-corrected chi connectivity index (χ4v) is 2.38. The third-order valence-electron chi connectivity index (χ3n) is 2.99. The quantitative estimate of drug-likeness (QED) is 0.851. The highest BCUT2D eigenvalue weighted by Gasteiger charge is 2.07. The van der Waals surface area contributed by atoms with E-state index in [-0.39, 0.29) is 11.9 Å². The highest BCUT2D eigenvalue weighted by molar-refractivity contribution is 9.10. The van der Waals surface area contributed by atoms with Crippen LogP contribution >= 0.6 is 15.9 Å². The smallest absolute Gasteiger partial charge is 0.251 e. The van der Waals surface area contributed by atoms with Crippen molar-refractivity contribution >= 4 is 27.5 Å². The van der Waals surface area contributed by atoms with Crippen molar-refractivity contribution in [2.45, 2.75) is 26.4 Å². The van der Waals surface area contributed by atoms with Gasteiger partial charge in [0.1, 0.15) is 0 Å². The molecule has 3 nitrogen and oxygen atoms in total. The molecule has 0 saturated heterocycles. The number of benzene rings is 2. The summed E-state index contributed by atoms with van der Waals surface area (Å²) in [6, 6.07) is 15.7. The van der Waals surface area contributed by atoms with Crippen LogP contribution in [0.5, 0.6) is 0 Å². The van der Waals surface area contributed by atoms with E-state index in [0.717, 1.165) is 10.2 Å². The summed E-state index contributed by atoms with van der Waals surface area (Å²) in [5.74, 6) is -0.0467. The highest BCUT2D eigenvalue weighted by Crippen LogP contribution is 2.18. The van der Waals surface area contributed by atoms with Crippen molar-refractivity contribution in [1.29, 1.82) is 0 Å². The van der Waals surface area contributed by atoms with Gasteiger partial charge in [0, 0.05) is 28.3 Å². The summed E-state index contributed by atoms with van der Waals surface area (Å²) in [7, 11) is 0. The van der Waals surface area contributed by atoms with E-state index in [1.807, 2.05) is 56.3 Å². The fraction of sp³-hybridized carbons (Fsp3) is 0.235. The van der Waals surface area contributed by atoms with Gasteiger partial charge >= 0.3 is 0 Å². The molecule has 2 aromatic rings. The lowest BCUT2D eigenvalue weighted by Crippen LogP contribution is -2.30. The Bertz CT molecular complexity index is 626. The molecule has 0 spiro atoms. The minimum atomic E-state index is -0.0467. The minimum Gasteiger partial charge on any atom is -0.381 e. The standard InChI is InChI=1S/C17H19BrN2O/c1-12(2)20-17(21)13-7-5-8-15(10-13)19-11-14-6-3-4-9-16(14)18/h3-10,12,19H,11H2,1-2H3,(H,20,21). The lowest BCUT2D eigenvalue weighted by molar-refractivity contribution is 0.0943. The summed E-state index contributed by atoms with van der Waals surface area (Å²) in [5.41, 5.74) is 2.78. The van der Waals surface area contributed by atoms with E-state index in [1.165, 1.54) is 5.56 Å². The third-order valence-corrected chi connectivity index (χ3v) is 3.76. The maximum Gasteiger partial charge on any atom is 0.251 e. The van der Waals surface area contributed by atoms with Gasteiger partial charge in [-0.15, -0.1) is 0 Å². The third kappa shape index (κ3) is 4.60. The maximum absolute atomic E-state index is 12.0. The molecule has 0 radical (unpaired) electrons. The largest absolute Gasteiger partial charge is 0.381 e. The summed E-state index contributed by atoms with van der Waals surface area (Å²) < 4.78 is 1.08. The van der Waals surface area contributed by atoms with Crippen LogP contribution in [0.2, 0.25) is 0 Å². The molecule has 0 fully saturated rings. The lowest BCUT2D eigenvalue weighted by atomic mass is 10.1. The van der Waals surface area contributed by atoms with Gasteiger partial charge in [0.15, 0.2) is 0 Å². The first-order valence-electron chi connectivity index (χ1n) is 6.94. The molecule has 2 N–H and O–H groups in total. The molecular formula is C17H19BrN2O. The first-order chi connectivity index (χ1) is 10.1. The molecule has 0 aliphatic heterocycles. The highest BCUT2D eigenvalue weighted by atomic mass is 79.9. The second-order valence-electron chi connectivity index (χ2n) is 5.15. The molecule has 0 aromatic heterocycles. The van der Waals surface area contributed by atoms with E-state index in [2.05, 4.69) is 32.6 Å². The number of anilines is 1. The van der Waals surface area contributed by atoms with E-state index in [0.29, 0.717) is 12.1 Å². The number of halogens is 1. The second kappa shape index (κ2) is 7.27. The van der Waals surface area contributed by atoms with Gasteiger partial charge in [0.25, 0.3) is 5.91 Å². The molecule has 4 heteroatoms. The molecule has 2 aromatic carbocycles. The summed E-state index contributed by atoms with van der Waals surface area (Å²) >= 11 is 3.53. The van der Waals surface area contributed by atoms with Crippen LogP contribution in [0.25, 0.3) is 0 Å². The Kier molecular flexibility index (Phi) is 5.39. The molecular weight excluding hydrogens is 328 g/mol. The number of rotatable bonds is 5. The van der Waals surface area contributed by atoms with E-state index in [9.17, 15) is 4.79 Å². The average Bonchev–Trinajstić information content (AvgIpc) is 2.46. The number of amides is 1. The predicted molar refractivity (Wildman–Crippen MR) is 90.5 cm³/mol. The second-order valence-corrected chi connectivity index (χ2v) is 6.01. The Morgan fingerprint density at radius 1 is 1.14 bits per heavy atom. The molecule has 21 heavy (non-hydrogen) atoms. The number of hydrogen-bond acceptors (Lipinski definition) is 2. The van der Waals surface area contributed by atoms with Crippen molar-refractivity contribution in [3.63, 3.8) is 0 Å². The molecule has 2 rings (SSSR count). The van der Waals surface area contributed by atoms with Crippen LogP contribution in [0.3, 0.4) is 0 Å². The van der Waals surface area contributed by atoms with Gasteiger partial charge in [-0.05, 0) is 43.7 Å². The number of nitrogens with one attached hydrogen (secondary N) is 2. The molecule has 0 bridgehead atoms. The van der Waals surface area contributed by atoms with Crippen LogP contribution < -0.4 is 10.6 Å². The van der Waals surface area contributed by atoms with Crippen LogP contribution in [0.1, 0.15) is 29.8 Å². The molecule has 0 aliphatic carbocycles. The maximum atomic E-state index is 12.0. The van der Waals surface area contributed by atoms with Gasteiger partial charge in [-0.2, -0.15) is 0 Å². The Labute approximate surface area is 133 Å². The zero-order valence-electron chi connectivity index (χ0n) is 12.2. The van der Waals surface area contributed by atoms with Crippen molar-refractivity contribution in [2.75, 3.05) is 5.32 Å². The van der Waals surface area contributed by atoms with E-state index in [1.54, 1.807) is 0 Å². The number of hydrogen-bond donors (Lipinski definition) is 2. The van der Waals surface area contributed by atoms with E-state index in [4.69, 9.17) is 0 Å². The fourth-order valence-electron chi connectivity index (χ4n) is 1.95. The zero-order valence-corrected chi connectivity index (χ0v) is 13.8. The molecule has 0 unspecified atom stereocenters. The monoisotopic (exact) mass is 346 g/mol. The topological polar surface area (TPSA) is 41.1 Å². The van der Waals surface area contributed by atoms with Crippen molar-refractivity contribution < 1.29 is 4.79 Å². The molecule has 0 aliphatic rings. The summed E-state index contributed by atoms with van der Waals surface area (Å²) in [6.45, 7) is 4.61. The predicted octanol–water partition coefficient (Wildman–Crippen LogP) is 4.20. The Morgan fingerprint density at radius 3 is 2.62 bits per heavy atom. The summed E-state index contributed by atoms with van der Waals surface area (Å²) in [5, 5.41) is 6.24. The van der Waals surface area contributed by atoms with Gasteiger partial charge in [0.2, 0.25) is 0 Å². The van der Waals surface area contributed by atoms with Gasteiger partial charge in [-0.25, -0.2) is 0 Å². The Hall–Kier alpha value is -1.81. The average molecular weight is 347 g/mol. The van der Waals surface area contributed by atoms with Gasteiger partial charge in [-0.3, -0.25) is 4.79 Å². The van der Waals surface area contributed by atoms with Crippen molar-refractivity contribution in [3.8, 4) is 0 Å². The lowest BCUT2D eigenvalue weighted by Gasteiger charge is -2.11. The minimum absolute atomic E-state index is 0.0467. The normalized spacial score (nSPS) is 10.5.